The van der Waals surface area contributed by atoms with Gasteiger partial charge in [0.25, 0.3) is 0 Å². The molecular formula is C5H7NO6. The van der Waals surface area contributed by atoms with Crippen molar-refractivity contribution in [3.63, 3.8) is 0 Å². The van der Waals surface area contributed by atoms with E-state index < -0.39 is 18.0 Å². The lowest BCUT2D eigenvalue weighted by Crippen LogP contribution is -2.32. The minimum atomic E-state index is -0.903. The summed E-state index contributed by atoms with van der Waals surface area (Å²) < 4.78 is 0. The standard InChI is InChI=1S/C5H7NO6/c6-3-1-2-4(7)9-11-12-10-5(3)8/h3H,1-2,6H2. The van der Waals surface area contributed by atoms with E-state index in [1.807, 2.05) is 0 Å². The molecule has 1 rings (SSSR count). The average Bonchev–Trinajstić information content (AvgIpc) is 2.11. The molecule has 68 valence electrons. The summed E-state index contributed by atoms with van der Waals surface area (Å²) in [6, 6.07) is -0.903. The normalized spacial score (nSPS) is 26.2. The summed E-state index contributed by atoms with van der Waals surface area (Å²) in [5.41, 5.74) is 5.26. The molecule has 0 aromatic heterocycles. The van der Waals surface area contributed by atoms with Crippen molar-refractivity contribution in [2.45, 2.75) is 18.9 Å². The highest BCUT2D eigenvalue weighted by atomic mass is 17.7. The van der Waals surface area contributed by atoms with Gasteiger partial charge in [-0.2, -0.15) is 0 Å². The van der Waals surface area contributed by atoms with Gasteiger partial charge in [-0.25, -0.2) is 9.59 Å². The van der Waals surface area contributed by atoms with E-state index in [4.69, 9.17) is 5.73 Å². The van der Waals surface area contributed by atoms with Crippen LogP contribution in [0.5, 0.6) is 0 Å². The first-order chi connectivity index (χ1) is 5.70. The van der Waals surface area contributed by atoms with Crippen LogP contribution < -0.4 is 5.73 Å². The molecule has 0 bridgehead atoms. The zero-order valence-electron chi connectivity index (χ0n) is 6.02. The van der Waals surface area contributed by atoms with Gasteiger partial charge in [0.1, 0.15) is 6.04 Å². The van der Waals surface area contributed by atoms with Crippen LogP contribution in [0, 0.1) is 0 Å². The summed E-state index contributed by atoms with van der Waals surface area (Å²) in [6.45, 7) is 0. The third-order valence-electron chi connectivity index (χ3n) is 1.23. The van der Waals surface area contributed by atoms with Gasteiger partial charge in [-0.15, -0.1) is 0 Å². The van der Waals surface area contributed by atoms with Gasteiger partial charge in [-0.1, -0.05) is 0 Å². The summed E-state index contributed by atoms with van der Waals surface area (Å²) >= 11 is 0. The molecule has 1 fully saturated rings. The second kappa shape index (κ2) is 4.00. The van der Waals surface area contributed by atoms with Crippen LogP contribution in [0.3, 0.4) is 0 Å². The SMILES string of the molecule is NC1CCC(=O)OOOOC1=O. The van der Waals surface area contributed by atoms with E-state index in [0.717, 1.165) is 0 Å². The van der Waals surface area contributed by atoms with Gasteiger partial charge in [0.05, 0.1) is 6.42 Å². The van der Waals surface area contributed by atoms with Crippen molar-refractivity contribution in [2.24, 2.45) is 5.73 Å². The van der Waals surface area contributed by atoms with Gasteiger partial charge in [-0.3, -0.25) is 9.78 Å². The molecule has 1 heterocycles. The molecule has 0 saturated carbocycles. The highest BCUT2D eigenvalue weighted by Gasteiger charge is 2.21. The molecule has 1 aliphatic heterocycles. The minimum absolute atomic E-state index is 0.0281. The monoisotopic (exact) mass is 177 g/mol. The maximum atomic E-state index is 10.7. The summed E-state index contributed by atoms with van der Waals surface area (Å²) in [5, 5.41) is 7.47. The molecule has 0 amide bonds. The van der Waals surface area contributed by atoms with Gasteiger partial charge < -0.3 is 5.73 Å². The highest BCUT2D eigenvalue weighted by molar-refractivity contribution is 5.76. The molecule has 1 atom stereocenters. The minimum Gasteiger partial charge on any atom is -0.318 e. The Hall–Kier alpha value is -1.18. The molecule has 2 N–H and O–H groups in total. The van der Waals surface area contributed by atoms with Crippen molar-refractivity contribution in [3.05, 3.63) is 0 Å². The van der Waals surface area contributed by atoms with Gasteiger partial charge in [0.2, 0.25) is 0 Å². The Kier molecular flexibility index (Phi) is 2.97. The van der Waals surface area contributed by atoms with Crippen LogP contribution in [0.15, 0.2) is 0 Å². The topological polar surface area (TPSA) is 97.1 Å². The van der Waals surface area contributed by atoms with Crippen LogP contribution in [0.2, 0.25) is 0 Å². The van der Waals surface area contributed by atoms with Crippen LogP contribution in [0.1, 0.15) is 12.8 Å². The first-order valence-electron chi connectivity index (χ1n) is 3.20. The largest absolute Gasteiger partial charge is 0.362 e. The molecule has 0 aromatic carbocycles. The third kappa shape index (κ3) is 2.46. The van der Waals surface area contributed by atoms with Crippen molar-refractivity contribution in [2.75, 3.05) is 0 Å². The number of hydrogen-bond donors (Lipinski definition) is 1. The molecule has 0 spiro atoms. The number of carbonyl (C=O) groups is 2. The lowest BCUT2D eigenvalue weighted by molar-refractivity contribution is -0.599. The lowest BCUT2D eigenvalue weighted by atomic mass is 10.2. The molecule has 0 aromatic rings. The Labute approximate surface area is 67.1 Å². The maximum absolute atomic E-state index is 10.7. The number of hydrogen-bond acceptors (Lipinski definition) is 7. The highest BCUT2D eigenvalue weighted by Crippen LogP contribution is 2.03. The summed E-state index contributed by atoms with van der Waals surface area (Å²) in [6.07, 6.45) is 0.101. The van der Waals surface area contributed by atoms with Crippen LogP contribution in [0.4, 0.5) is 0 Å². The lowest BCUT2D eigenvalue weighted by Gasteiger charge is -2.02. The second-order valence-corrected chi connectivity index (χ2v) is 2.14. The first kappa shape index (κ1) is 8.91. The summed E-state index contributed by atoms with van der Waals surface area (Å²) in [5.74, 6) is -1.49. The van der Waals surface area contributed by atoms with Crippen molar-refractivity contribution >= 4 is 11.9 Å². The Morgan fingerprint density at radius 1 is 1.25 bits per heavy atom. The maximum Gasteiger partial charge on any atom is 0.362 e. The van der Waals surface area contributed by atoms with E-state index in [1.165, 1.54) is 0 Å². The Morgan fingerprint density at radius 3 is 2.67 bits per heavy atom. The molecule has 12 heavy (non-hydrogen) atoms. The van der Waals surface area contributed by atoms with Gasteiger partial charge in [0, 0.05) is 10.1 Å². The number of nitrogens with two attached hydrogens (primary N) is 1. The molecule has 7 heteroatoms. The van der Waals surface area contributed by atoms with E-state index in [9.17, 15) is 9.59 Å². The number of carbonyl (C=O) groups excluding carboxylic acids is 2. The van der Waals surface area contributed by atoms with Crippen LogP contribution in [-0.4, -0.2) is 18.0 Å². The van der Waals surface area contributed by atoms with Crippen molar-refractivity contribution in [1.82, 2.24) is 0 Å². The van der Waals surface area contributed by atoms with Crippen molar-refractivity contribution in [3.8, 4) is 0 Å². The predicted octanol–water partition coefficient (Wildman–Crippen LogP) is -1.03. The van der Waals surface area contributed by atoms with E-state index in [2.05, 4.69) is 19.9 Å². The fraction of sp³-hybridized carbons (Fsp3) is 0.600. The summed E-state index contributed by atoms with van der Waals surface area (Å²) in [7, 11) is 0. The quantitative estimate of drug-likeness (QED) is 0.472. The molecule has 0 aliphatic carbocycles. The van der Waals surface area contributed by atoms with Gasteiger partial charge in [0.15, 0.2) is 0 Å². The van der Waals surface area contributed by atoms with Gasteiger partial charge >= 0.3 is 11.9 Å². The smallest absolute Gasteiger partial charge is 0.318 e. The third-order valence-corrected chi connectivity index (χ3v) is 1.23. The van der Waals surface area contributed by atoms with E-state index in [0.29, 0.717) is 0 Å². The van der Waals surface area contributed by atoms with E-state index in [-0.39, 0.29) is 12.8 Å². The average molecular weight is 177 g/mol. The zero-order valence-corrected chi connectivity index (χ0v) is 6.02. The van der Waals surface area contributed by atoms with E-state index in [1.54, 1.807) is 0 Å². The number of rotatable bonds is 0. The molecule has 1 unspecified atom stereocenters. The van der Waals surface area contributed by atoms with Crippen molar-refractivity contribution < 1.29 is 29.4 Å². The van der Waals surface area contributed by atoms with Gasteiger partial charge in [-0.05, 0) is 6.42 Å². The molecule has 1 aliphatic rings. The van der Waals surface area contributed by atoms with Crippen LogP contribution in [0.25, 0.3) is 0 Å². The van der Waals surface area contributed by atoms with Crippen LogP contribution in [-0.2, 0) is 29.4 Å². The Balaban J connectivity index is 2.48. The second-order valence-electron chi connectivity index (χ2n) is 2.14. The zero-order chi connectivity index (χ0) is 8.97. The summed E-state index contributed by atoms with van der Waals surface area (Å²) in [4.78, 5) is 29.2. The molecular weight excluding hydrogens is 170 g/mol. The predicted molar refractivity (Wildman–Crippen MR) is 31.6 cm³/mol. The first-order valence-corrected chi connectivity index (χ1v) is 3.20. The molecule has 0 radical (unpaired) electrons. The Bertz CT molecular complexity index is 192. The fourth-order valence-corrected chi connectivity index (χ4v) is 0.594. The van der Waals surface area contributed by atoms with Crippen molar-refractivity contribution in [1.29, 1.82) is 0 Å². The fourth-order valence-electron chi connectivity index (χ4n) is 0.594. The Morgan fingerprint density at radius 2 is 1.92 bits per heavy atom. The van der Waals surface area contributed by atoms with Crippen LogP contribution >= 0.6 is 0 Å². The molecule has 1 saturated heterocycles. The molecule has 7 nitrogen and oxygen atoms in total. The van der Waals surface area contributed by atoms with E-state index >= 15 is 0 Å².